The van der Waals surface area contributed by atoms with Crippen molar-refractivity contribution in [2.45, 2.75) is 25.4 Å². The topological polar surface area (TPSA) is 53.2 Å². The fraction of sp³-hybridized carbons (Fsp3) is 0.533. The minimum atomic E-state index is -0.172. The summed E-state index contributed by atoms with van der Waals surface area (Å²) in [7, 11) is 0. The molecular weight excluding hydrogens is 270 g/mol. The van der Waals surface area contributed by atoms with Crippen LogP contribution in [0.2, 0.25) is 0 Å². The van der Waals surface area contributed by atoms with Crippen LogP contribution in [0.15, 0.2) is 30.3 Å². The molecule has 1 fully saturated rings. The highest BCUT2D eigenvalue weighted by Gasteiger charge is 2.37. The maximum absolute atomic E-state index is 12.2. The highest BCUT2D eigenvalue weighted by atomic mass is 32.2. The quantitative estimate of drug-likeness (QED) is 0.699. The Balaban J connectivity index is 1.87. The Hall–Kier alpha value is -1.04. The van der Waals surface area contributed by atoms with Crippen LogP contribution in [-0.4, -0.2) is 30.5 Å². The second kappa shape index (κ2) is 7.67. The number of hydrogen-bond donors (Lipinski definition) is 3. The van der Waals surface area contributed by atoms with Gasteiger partial charge in [0.05, 0.1) is 6.04 Å². The molecule has 0 aliphatic carbocycles. The van der Waals surface area contributed by atoms with Crippen molar-refractivity contribution in [3.8, 4) is 0 Å². The Morgan fingerprint density at radius 1 is 1.30 bits per heavy atom. The first-order chi connectivity index (χ1) is 9.74. The van der Waals surface area contributed by atoms with Crippen molar-refractivity contribution < 1.29 is 4.79 Å². The van der Waals surface area contributed by atoms with Gasteiger partial charge in [-0.2, -0.15) is 11.8 Å². The van der Waals surface area contributed by atoms with E-state index in [4.69, 9.17) is 0 Å². The highest BCUT2D eigenvalue weighted by Crippen LogP contribution is 2.28. The molecular formula is C15H23N3OS. The second-order valence-electron chi connectivity index (χ2n) is 5.15. The molecule has 0 aromatic heterocycles. The lowest BCUT2D eigenvalue weighted by Gasteiger charge is -2.18. The largest absolute Gasteiger partial charge is 0.355 e. The summed E-state index contributed by atoms with van der Waals surface area (Å²) in [5, 5.41) is 3.01. The van der Waals surface area contributed by atoms with Gasteiger partial charge >= 0.3 is 0 Å². The predicted octanol–water partition coefficient (Wildman–Crippen LogP) is 1.71. The molecule has 1 saturated heterocycles. The zero-order valence-corrected chi connectivity index (χ0v) is 12.9. The van der Waals surface area contributed by atoms with Crippen molar-refractivity contribution in [2.75, 3.05) is 18.6 Å². The molecule has 4 nitrogen and oxygen atoms in total. The molecule has 2 rings (SSSR count). The smallest absolute Gasteiger partial charge is 0.238 e. The SMILES string of the molecule is CSCCCNC(=O)C1NNC(c2ccccc2)C1C. The Morgan fingerprint density at radius 2 is 2.05 bits per heavy atom. The summed E-state index contributed by atoms with van der Waals surface area (Å²) < 4.78 is 0. The number of carbonyl (C=O) groups excluding carboxylic acids is 1. The van der Waals surface area contributed by atoms with E-state index in [9.17, 15) is 4.79 Å². The first-order valence-electron chi connectivity index (χ1n) is 7.06. The van der Waals surface area contributed by atoms with E-state index in [1.807, 2.05) is 18.2 Å². The monoisotopic (exact) mass is 293 g/mol. The van der Waals surface area contributed by atoms with Crippen molar-refractivity contribution in [2.24, 2.45) is 5.92 Å². The normalized spacial score (nSPS) is 25.6. The summed E-state index contributed by atoms with van der Waals surface area (Å²) in [5.41, 5.74) is 7.58. The van der Waals surface area contributed by atoms with E-state index >= 15 is 0 Å². The van der Waals surface area contributed by atoms with Crippen LogP contribution in [0.4, 0.5) is 0 Å². The first kappa shape index (κ1) is 15.4. The Labute approximate surface area is 125 Å². The summed E-state index contributed by atoms with van der Waals surface area (Å²) in [6, 6.07) is 10.3. The summed E-state index contributed by atoms with van der Waals surface area (Å²) in [6.45, 7) is 2.86. The molecule has 1 aliphatic heterocycles. The number of hydrogen-bond acceptors (Lipinski definition) is 4. The molecule has 0 saturated carbocycles. The average molecular weight is 293 g/mol. The third kappa shape index (κ3) is 3.75. The lowest BCUT2D eigenvalue weighted by Crippen LogP contribution is -2.45. The molecule has 3 N–H and O–H groups in total. The zero-order chi connectivity index (χ0) is 14.4. The van der Waals surface area contributed by atoms with Crippen LogP contribution in [0.25, 0.3) is 0 Å². The van der Waals surface area contributed by atoms with Crippen LogP contribution in [0.3, 0.4) is 0 Å². The molecule has 1 heterocycles. The zero-order valence-electron chi connectivity index (χ0n) is 12.1. The average Bonchev–Trinajstić information content (AvgIpc) is 2.86. The number of carbonyl (C=O) groups is 1. The summed E-state index contributed by atoms with van der Waals surface area (Å²) in [5.74, 6) is 1.39. The lowest BCUT2D eigenvalue weighted by atomic mass is 9.91. The molecule has 5 heteroatoms. The number of benzene rings is 1. The van der Waals surface area contributed by atoms with Crippen molar-refractivity contribution in [1.29, 1.82) is 0 Å². The number of rotatable bonds is 6. The van der Waals surface area contributed by atoms with Gasteiger partial charge in [0.2, 0.25) is 5.91 Å². The van der Waals surface area contributed by atoms with E-state index in [1.54, 1.807) is 11.8 Å². The molecule has 0 spiro atoms. The standard InChI is InChI=1S/C15H23N3OS/c1-11-13(12-7-4-3-5-8-12)17-18-14(11)15(19)16-9-6-10-20-2/h3-5,7-8,11,13-14,17-18H,6,9-10H2,1-2H3,(H,16,19). The molecule has 1 aromatic carbocycles. The predicted molar refractivity (Wildman–Crippen MR) is 84.4 cm³/mol. The van der Waals surface area contributed by atoms with Crippen LogP contribution >= 0.6 is 11.8 Å². The van der Waals surface area contributed by atoms with Crippen LogP contribution in [0, 0.1) is 5.92 Å². The highest BCUT2D eigenvalue weighted by molar-refractivity contribution is 7.98. The molecule has 20 heavy (non-hydrogen) atoms. The van der Waals surface area contributed by atoms with E-state index in [2.05, 4.69) is 41.5 Å². The van der Waals surface area contributed by atoms with Crippen molar-refractivity contribution in [3.63, 3.8) is 0 Å². The van der Waals surface area contributed by atoms with Crippen LogP contribution in [0.5, 0.6) is 0 Å². The van der Waals surface area contributed by atoms with Gasteiger partial charge in [-0.05, 0) is 24.0 Å². The molecule has 1 amide bonds. The maximum Gasteiger partial charge on any atom is 0.238 e. The fourth-order valence-corrected chi connectivity index (χ4v) is 2.96. The van der Waals surface area contributed by atoms with E-state index < -0.39 is 0 Å². The summed E-state index contributed by atoms with van der Waals surface area (Å²) in [6.07, 6.45) is 3.10. The number of hydrazine groups is 1. The van der Waals surface area contributed by atoms with Crippen molar-refractivity contribution in [3.05, 3.63) is 35.9 Å². The van der Waals surface area contributed by atoms with Crippen molar-refractivity contribution in [1.82, 2.24) is 16.2 Å². The number of amides is 1. The van der Waals surface area contributed by atoms with Crippen LogP contribution < -0.4 is 16.2 Å². The number of thioether (sulfide) groups is 1. The summed E-state index contributed by atoms with van der Waals surface area (Å²) in [4.78, 5) is 12.2. The Morgan fingerprint density at radius 3 is 2.75 bits per heavy atom. The van der Waals surface area contributed by atoms with Gasteiger partial charge in [0.25, 0.3) is 0 Å². The molecule has 1 aromatic rings. The van der Waals surface area contributed by atoms with Gasteiger partial charge in [0.15, 0.2) is 0 Å². The maximum atomic E-state index is 12.2. The molecule has 0 bridgehead atoms. The lowest BCUT2D eigenvalue weighted by molar-refractivity contribution is -0.123. The molecule has 3 atom stereocenters. The fourth-order valence-electron chi connectivity index (χ4n) is 2.52. The van der Waals surface area contributed by atoms with Gasteiger partial charge in [-0.3, -0.25) is 4.79 Å². The third-order valence-electron chi connectivity index (χ3n) is 3.71. The van der Waals surface area contributed by atoms with E-state index in [-0.39, 0.29) is 23.9 Å². The second-order valence-corrected chi connectivity index (χ2v) is 6.14. The van der Waals surface area contributed by atoms with E-state index in [0.717, 1.165) is 18.7 Å². The molecule has 110 valence electrons. The molecule has 3 unspecified atom stereocenters. The van der Waals surface area contributed by atoms with Gasteiger partial charge in [-0.1, -0.05) is 37.3 Å². The van der Waals surface area contributed by atoms with Crippen LogP contribution in [0.1, 0.15) is 24.9 Å². The van der Waals surface area contributed by atoms with Gasteiger partial charge in [-0.25, -0.2) is 10.9 Å². The van der Waals surface area contributed by atoms with Gasteiger partial charge in [-0.15, -0.1) is 0 Å². The Kier molecular flexibility index (Phi) is 5.88. The number of nitrogens with one attached hydrogen (secondary N) is 3. The third-order valence-corrected chi connectivity index (χ3v) is 4.41. The minimum Gasteiger partial charge on any atom is -0.355 e. The van der Waals surface area contributed by atoms with Crippen molar-refractivity contribution >= 4 is 17.7 Å². The Bertz CT molecular complexity index is 426. The van der Waals surface area contributed by atoms with Crippen LogP contribution in [-0.2, 0) is 4.79 Å². The van der Waals surface area contributed by atoms with E-state index in [1.165, 1.54) is 5.56 Å². The van der Waals surface area contributed by atoms with Gasteiger partial charge < -0.3 is 5.32 Å². The minimum absolute atomic E-state index is 0.0875. The van der Waals surface area contributed by atoms with Gasteiger partial charge in [0, 0.05) is 12.5 Å². The van der Waals surface area contributed by atoms with Gasteiger partial charge in [0.1, 0.15) is 6.04 Å². The molecule has 1 aliphatic rings. The summed E-state index contributed by atoms with van der Waals surface area (Å²) >= 11 is 1.80. The van der Waals surface area contributed by atoms with E-state index in [0.29, 0.717) is 0 Å². The first-order valence-corrected chi connectivity index (χ1v) is 8.46. The molecule has 0 radical (unpaired) electrons.